The number of ether oxygens (including phenoxy) is 2. The van der Waals surface area contributed by atoms with Gasteiger partial charge in [0.2, 0.25) is 0 Å². The summed E-state index contributed by atoms with van der Waals surface area (Å²) in [5.41, 5.74) is 3.63. The molecular weight excluding hydrogens is 390 g/mol. The number of hydrogen-bond donors (Lipinski definition) is 0. The second-order valence-electron chi connectivity index (χ2n) is 7.88. The number of rotatable bonds is 8. The van der Waals surface area contributed by atoms with E-state index in [0.29, 0.717) is 6.61 Å². The van der Waals surface area contributed by atoms with Crippen molar-refractivity contribution >= 4 is 22.6 Å². The van der Waals surface area contributed by atoms with Crippen LogP contribution in [0.4, 0.5) is 5.69 Å². The molecule has 0 radical (unpaired) electrons. The van der Waals surface area contributed by atoms with Gasteiger partial charge in [0.15, 0.2) is 0 Å². The molecule has 164 valence electrons. The summed E-state index contributed by atoms with van der Waals surface area (Å²) < 4.78 is 12.4. The van der Waals surface area contributed by atoms with Gasteiger partial charge in [-0.05, 0) is 49.2 Å². The maximum atomic E-state index is 12.0. The van der Waals surface area contributed by atoms with Crippen LogP contribution in [0.5, 0.6) is 5.75 Å². The van der Waals surface area contributed by atoms with Gasteiger partial charge in [-0.25, -0.2) is 0 Å². The number of nitrogens with zero attached hydrogens (tertiary/aromatic N) is 3. The van der Waals surface area contributed by atoms with Crippen molar-refractivity contribution in [1.29, 1.82) is 0 Å². The maximum Gasteiger partial charge on any atom is 0.325 e. The average Bonchev–Trinajstić information content (AvgIpc) is 3.15. The maximum absolute atomic E-state index is 12.0. The lowest BCUT2D eigenvalue weighted by Gasteiger charge is -2.36. The summed E-state index contributed by atoms with van der Waals surface area (Å²) in [6.07, 6.45) is 3.09. The van der Waals surface area contributed by atoms with E-state index in [1.165, 1.54) is 16.6 Å². The van der Waals surface area contributed by atoms with Gasteiger partial charge in [-0.3, -0.25) is 9.69 Å². The van der Waals surface area contributed by atoms with Crippen molar-refractivity contribution in [2.75, 3.05) is 51.3 Å². The molecule has 0 atom stereocenters. The number of aromatic nitrogens is 1. The molecule has 0 unspecified atom stereocenters. The lowest BCUT2D eigenvalue weighted by Crippen LogP contribution is -2.46. The molecule has 31 heavy (non-hydrogen) atoms. The molecule has 0 aliphatic carbocycles. The molecule has 1 fully saturated rings. The summed E-state index contributed by atoms with van der Waals surface area (Å²) >= 11 is 0. The third kappa shape index (κ3) is 5.02. The number of esters is 1. The van der Waals surface area contributed by atoms with Crippen molar-refractivity contribution in [3.63, 3.8) is 0 Å². The third-order valence-corrected chi connectivity index (χ3v) is 5.98. The highest BCUT2D eigenvalue weighted by Gasteiger charge is 2.18. The molecule has 0 saturated carbocycles. The Morgan fingerprint density at radius 3 is 2.45 bits per heavy atom. The van der Waals surface area contributed by atoms with E-state index in [9.17, 15) is 4.79 Å². The molecule has 1 aliphatic rings. The number of para-hydroxylation sites is 1. The monoisotopic (exact) mass is 421 g/mol. The number of fused-ring (bicyclic) bond motifs is 1. The Bertz CT molecular complexity index is 1000. The van der Waals surface area contributed by atoms with Crippen molar-refractivity contribution in [3.05, 3.63) is 60.3 Å². The number of anilines is 1. The summed E-state index contributed by atoms with van der Waals surface area (Å²) in [4.78, 5) is 16.9. The Labute approximate surface area is 184 Å². The van der Waals surface area contributed by atoms with Crippen LogP contribution < -0.4 is 9.64 Å². The minimum atomic E-state index is -0.190. The van der Waals surface area contributed by atoms with Gasteiger partial charge in [-0.2, -0.15) is 0 Å². The zero-order valence-corrected chi connectivity index (χ0v) is 18.4. The van der Waals surface area contributed by atoms with E-state index in [0.717, 1.165) is 50.4 Å². The van der Waals surface area contributed by atoms with E-state index in [4.69, 9.17) is 9.47 Å². The Morgan fingerprint density at radius 2 is 1.74 bits per heavy atom. The van der Waals surface area contributed by atoms with Crippen LogP contribution in [0.2, 0.25) is 0 Å². The highest BCUT2D eigenvalue weighted by Crippen LogP contribution is 2.23. The van der Waals surface area contributed by atoms with Crippen LogP contribution >= 0.6 is 0 Å². The molecule has 6 nitrogen and oxygen atoms in total. The fraction of sp³-hybridized carbons (Fsp3) is 0.400. The number of methoxy groups -OCH3 is 1. The first-order valence-corrected chi connectivity index (χ1v) is 11.0. The van der Waals surface area contributed by atoms with Crippen LogP contribution in [-0.4, -0.2) is 61.9 Å². The lowest BCUT2D eigenvalue weighted by atomic mass is 10.1. The van der Waals surface area contributed by atoms with Gasteiger partial charge in [-0.1, -0.05) is 18.2 Å². The summed E-state index contributed by atoms with van der Waals surface area (Å²) in [6, 6.07) is 16.6. The molecule has 0 amide bonds. The number of piperazine rings is 1. The van der Waals surface area contributed by atoms with Crippen LogP contribution in [0.1, 0.15) is 12.5 Å². The minimum absolute atomic E-state index is 0.190. The predicted molar refractivity (Wildman–Crippen MR) is 124 cm³/mol. The number of hydrogen-bond acceptors (Lipinski definition) is 5. The second-order valence-corrected chi connectivity index (χ2v) is 7.88. The SMILES string of the molecule is CCOC(=O)Cn1cc(CCN2CCN(c3ccc(OC)cc3)CC2)c2ccccc21. The summed E-state index contributed by atoms with van der Waals surface area (Å²) in [6.45, 7) is 7.67. The topological polar surface area (TPSA) is 46.9 Å². The van der Waals surface area contributed by atoms with Gasteiger partial charge in [0, 0.05) is 55.5 Å². The number of carbonyl (C=O) groups is 1. The van der Waals surface area contributed by atoms with E-state index < -0.39 is 0 Å². The van der Waals surface area contributed by atoms with Crippen LogP contribution in [0.3, 0.4) is 0 Å². The molecule has 1 saturated heterocycles. The van der Waals surface area contributed by atoms with Gasteiger partial charge < -0.3 is 18.9 Å². The van der Waals surface area contributed by atoms with E-state index in [1.807, 2.05) is 29.7 Å². The van der Waals surface area contributed by atoms with Crippen LogP contribution in [0.15, 0.2) is 54.7 Å². The van der Waals surface area contributed by atoms with Gasteiger partial charge in [0.05, 0.1) is 13.7 Å². The van der Waals surface area contributed by atoms with Gasteiger partial charge >= 0.3 is 5.97 Å². The van der Waals surface area contributed by atoms with Gasteiger partial charge in [0.1, 0.15) is 12.3 Å². The summed E-state index contributed by atoms with van der Waals surface area (Å²) in [5, 5.41) is 1.23. The standard InChI is InChI=1S/C25H31N3O3/c1-3-31-25(29)19-28-18-20(23-6-4-5-7-24(23)28)12-13-26-14-16-27(17-15-26)21-8-10-22(30-2)11-9-21/h4-11,18H,3,12-17,19H2,1-2H3. The molecule has 2 aromatic carbocycles. The molecule has 4 rings (SSSR count). The average molecular weight is 422 g/mol. The third-order valence-electron chi connectivity index (χ3n) is 5.98. The first-order valence-electron chi connectivity index (χ1n) is 11.0. The lowest BCUT2D eigenvalue weighted by molar-refractivity contribution is -0.143. The zero-order valence-electron chi connectivity index (χ0n) is 18.4. The van der Waals surface area contributed by atoms with E-state index in [-0.39, 0.29) is 12.5 Å². The Balaban J connectivity index is 1.36. The molecular formula is C25H31N3O3. The fourth-order valence-electron chi connectivity index (χ4n) is 4.30. The first kappa shape index (κ1) is 21.2. The molecule has 1 aromatic heterocycles. The quantitative estimate of drug-likeness (QED) is 0.521. The van der Waals surface area contributed by atoms with Gasteiger partial charge in [-0.15, -0.1) is 0 Å². The molecule has 0 N–H and O–H groups in total. The molecule has 3 aromatic rings. The van der Waals surface area contributed by atoms with Gasteiger partial charge in [0.25, 0.3) is 0 Å². The van der Waals surface area contributed by atoms with Crippen LogP contribution in [0, 0.1) is 0 Å². The summed E-state index contributed by atoms with van der Waals surface area (Å²) in [5.74, 6) is 0.703. The van der Waals surface area contributed by atoms with E-state index in [2.05, 4.69) is 46.3 Å². The number of carbonyl (C=O) groups excluding carboxylic acids is 1. The summed E-state index contributed by atoms with van der Waals surface area (Å²) in [7, 11) is 1.70. The fourth-order valence-corrected chi connectivity index (χ4v) is 4.30. The van der Waals surface area contributed by atoms with Crippen molar-refractivity contribution in [1.82, 2.24) is 9.47 Å². The zero-order chi connectivity index (χ0) is 21.6. The van der Waals surface area contributed by atoms with Crippen LogP contribution in [-0.2, 0) is 22.5 Å². The van der Waals surface area contributed by atoms with Crippen molar-refractivity contribution in [3.8, 4) is 5.75 Å². The van der Waals surface area contributed by atoms with E-state index in [1.54, 1.807) is 7.11 Å². The smallest absolute Gasteiger partial charge is 0.325 e. The highest BCUT2D eigenvalue weighted by atomic mass is 16.5. The van der Waals surface area contributed by atoms with Crippen molar-refractivity contribution < 1.29 is 14.3 Å². The number of benzene rings is 2. The minimum Gasteiger partial charge on any atom is -0.497 e. The molecule has 0 bridgehead atoms. The largest absolute Gasteiger partial charge is 0.497 e. The second kappa shape index (κ2) is 9.88. The van der Waals surface area contributed by atoms with E-state index >= 15 is 0 Å². The Hall–Kier alpha value is -2.99. The van der Waals surface area contributed by atoms with Crippen molar-refractivity contribution in [2.24, 2.45) is 0 Å². The van der Waals surface area contributed by atoms with Crippen molar-refractivity contribution in [2.45, 2.75) is 19.9 Å². The molecule has 0 spiro atoms. The highest BCUT2D eigenvalue weighted by molar-refractivity contribution is 5.85. The molecule has 1 aliphatic heterocycles. The Morgan fingerprint density at radius 1 is 1.00 bits per heavy atom. The molecule has 6 heteroatoms. The Kier molecular flexibility index (Phi) is 6.77. The molecule has 2 heterocycles. The normalized spacial score (nSPS) is 14.7. The first-order chi connectivity index (χ1) is 15.2. The predicted octanol–water partition coefficient (Wildman–Crippen LogP) is 3.58. The van der Waals surface area contributed by atoms with Crippen LogP contribution in [0.25, 0.3) is 10.9 Å².